The molecule has 0 unspecified atom stereocenters. The van der Waals surface area contributed by atoms with Gasteiger partial charge in [-0.1, -0.05) is 28.1 Å². The van der Waals surface area contributed by atoms with Crippen LogP contribution in [0, 0.1) is 5.82 Å². The Kier molecular flexibility index (Phi) is 3.51. The fourth-order valence-corrected chi connectivity index (χ4v) is 1.54. The zero-order chi connectivity index (χ0) is 11.4. The van der Waals surface area contributed by atoms with E-state index in [0.717, 1.165) is 10.0 Å². The maximum absolute atomic E-state index is 12.6. The summed E-state index contributed by atoms with van der Waals surface area (Å²) in [5.41, 5.74) is 1.15. The summed E-state index contributed by atoms with van der Waals surface area (Å²) in [6.07, 6.45) is 1.20. The third kappa shape index (κ3) is 3.03. The number of rotatable bonds is 3. The van der Waals surface area contributed by atoms with E-state index in [1.165, 1.54) is 12.3 Å². The van der Waals surface area contributed by atoms with Crippen LogP contribution in [0.5, 0.6) is 0 Å². The molecule has 0 spiro atoms. The summed E-state index contributed by atoms with van der Waals surface area (Å²) in [4.78, 5) is 3.92. The van der Waals surface area contributed by atoms with Gasteiger partial charge in [-0.05, 0) is 29.8 Å². The van der Waals surface area contributed by atoms with E-state index in [1.54, 1.807) is 6.07 Å². The molecule has 82 valence electrons. The highest BCUT2D eigenvalue weighted by Gasteiger charge is 1.96. The molecule has 2 rings (SSSR count). The Bertz CT molecular complexity index is 408. The Labute approximate surface area is 102 Å². The topological polar surface area (TPSA) is 24.9 Å². The van der Waals surface area contributed by atoms with Gasteiger partial charge in [0.1, 0.15) is 11.6 Å². The van der Waals surface area contributed by atoms with E-state index in [0.29, 0.717) is 12.4 Å². The SMILES string of the molecule is Fc1ccc(NCc2ccc(Br)cc2)nc1. The van der Waals surface area contributed by atoms with Gasteiger partial charge >= 0.3 is 0 Å². The van der Waals surface area contributed by atoms with Crippen molar-refractivity contribution in [2.75, 3.05) is 5.32 Å². The number of nitrogens with zero attached hydrogens (tertiary/aromatic N) is 1. The number of pyridine rings is 1. The van der Waals surface area contributed by atoms with Crippen molar-refractivity contribution in [3.63, 3.8) is 0 Å². The van der Waals surface area contributed by atoms with Gasteiger partial charge in [0.2, 0.25) is 0 Å². The maximum atomic E-state index is 12.6. The third-order valence-electron chi connectivity index (χ3n) is 2.11. The Morgan fingerprint density at radius 3 is 2.50 bits per heavy atom. The molecule has 0 aliphatic carbocycles. The minimum absolute atomic E-state index is 0.325. The van der Waals surface area contributed by atoms with Gasteiger partial charge in [0.05, 0.1) is 6.20 Å². The lowest BCUT2D eigenvalue weighted by Crippen LogP contribution is -2.00. The number of aromatic nitrogens is 1. The van der Waals surface area contributed by atoms with Crippen LogP contribution in [0.25, 0.3) is 0 Å². The van der Waals surface area contributed by atoms with Crippen molar-refractivity contribution in [3.8, 4) is 0 Å². The minimum Gasteiger partial charge on any atom is -0.366 e. The van der Waals surface area contributed by atoms with Crippen LogP contribution in [0.2, 0.25) is 0 Å². The quantitative estimate of drug-likeness (QED) is 0.929. The highest BCUT2D eigenvalue weighted by Crippen LogP contribution is 2.12. The van der Waals surface area contributed by atoms with Crippen molar-refractivity contribution < 1.29 is 4.39 Å². The van der Waals surface area contributed by atoms with E-state index >= 15 is 0 Å². The lowest BCUT2D eigenvalue weighted by Gasteiger charge is -2.05. The van der Waals surface area contributed by atoms with Crippen LogP contribution in [0.1, 0.15) is 5.56 Å². The smallest absolute Gasteiger partial charge is 0.141 e. The van der Waals surface area contributed by atoms with Gasteiger partial charge in [0, 0.05) is 11.0 Å². The second-order valence-electron chi connectivity index (χ2n) is 3.34. The molecule has 16 heavy (non-hydrogen) atoms. The molecule has 0 saturated heterocycles. The zero-order valence-corrected chi connectivity index (χ0v) is 10.0. The van der Waals surface area contributed by atoms with Crippen LogP contribution in [0.15, 0.2) is 47.1 Å². The number of halogens is 2. The van der Waals surface area contributed by atoms with Gasteiger partial charge in [0.25, 0.3) is 0 Å². The van der Waals surface area contributed by atoms with Gasteiger partial charge in [-0.2, -0.15) is 0 Å². The van der Waals surface area contributed by atoms with Crippen LogP contribution in [-0.4, -0.2) is 4.98 Å². The van der Waals surface area contributed by atoms with E-state index in [9.17, 15) is 4.39 Å². The van der Waals surface area contributed by atoms with Crippen molar-refractivity contribution in [1.29, 1.82) is 0 Å². The van der Waals surface area contributed by atoms with E-state index in [-0.39, 0.29) is 5.82 Å². The molecule has 0 bridgehead atoms. The molecule has 1 heterocycles. The summed E-state index contributed by atoms with van der Waals surface area (Å²) < 4.78 is 13.7. The first kappa shape index (κ1) is 11.1. The fourth-order valence-electron chi connectivity index (χ4n) is 1.28. The molecule has 1 aromatic heterocycles. The summed E-state index contributed by atoms with van der Waals surface area (Å²) in [7, 11) is 0. The molecule has 0 radical (unpaired) electrons. The fraction of sp³-hybridized carbons (Fsp3) is 0.0833. The molecule has 0 aliphatic heterocycles. The molecular formula is C12H10BrFN2. The molecule has 0 atom stereocenters. The van der Waals surface area contributed by atoms with Crippen LogP contribution < -0.4 is 5.32 Å². The second kappa shape index (κ2) is 5.07. The first-order chi connectivity index (χ1) is 7.74. The lowest BCUT2D eigenvalue weighted by atomic mass is 10.2. The highest BCUT2D eigenvalue weighted by atomic mass is 79.9. The summed E-state index contributed by atoms with van der Waals surface area (Å²) in [6, 6.07) is 11.0. The van der Waals surface area contributed by atoms with Crippen molar-refractivity contribution in [2.24, 2.45) is 0 Å². The molecule has 1 aromatic carbocycles. The Hall–Kier alpha value is -1.42. The average molecular weight is 281 g/mol. The van der Waals surface area contributed by atoms with Crippen molar-refractivity contribution >= 4 is 21.7 Å². The van der Waals surface area contributed by atoms with Crippen molar-refractivity contribution in [3.05, 3.63) is 58.4 Å². The predicted octanol–water partition coefficient (Wildman–Crippen LogP) is 3.60. The van der Waals surface area contributed by atoms with Crippen molar-refractivity contribution in [2.45, 2.75) is 6.54 Å². The Morgan fingerprint density at radius 2 is 1.88 bits per heavy atom. The van der Waals surface area contributed by atoms with Gasteiger partial charge in [-0.3, -0.25) is 0 Å². The third-order valence-corrected chi connectivity index (χ3v) is 2.64. The first-order valence-corrected chi connectivity index (χ1v) is 5.63. The molecule has 0 fully saturated rings. The summed E-state index contributed by atoms with van der Waals surface area (Å²) in [5, 5.41) is 3.11. The Morgan fingerprint density at radius 1 is 1.12 bits per heavy atom. The zero-order valence-electron chi connectivity index (χ0n) is 8.45. The van der Waals surface area contributed by atoms with Gasteiger partial charge in [-0.25, -0.2) is 9.37 Å². The van der Waals surface area contributed by atoms with Gasteiger partial charge in [-0.15, -0.1) is 0 Å². The van der Waals surface area contributed by atoms with Crippen LogP contribution in [0.4, 0.5) is 10.2 Å². The van der Waals surface area contributed by atoms with Crippen LogP contribution in [0.3, 0.4) is 0 Å². The molecule has 0 amide bonds. The lowest BCUT2D eigenvalue weighted by molar-refractivity contribution is 0.621. The molecule has 0 saturated carbocycles. The number of hydrogen-bond acceptors (Lipinski definition) is 2. The average Bonchev–Trinajstić information content (AvgIpc) is 2.30. The van der Waals surface area contributed by atoms with E-state index < -0.39 is 0 Å². The Balaban J connectivity index is 1.97. The number of anilines is 1. The number of benzene rings is 1. The van der Waals surface area contributed by atoms with E-state index in [4.69, 9.17) is 0 Å². The normalized spacial score (nSPS) is 10.1. The molecule has 2 nitrogen and oxygen atoms in total. The molecule has 4 heteroatoms. The van der Waals surface area contributed by atoms with Crippen LogP contribution in [-0.2, 0) is 6.54 Å². The highest BCUT2D eigenvalue weighted by molar-refractivity contribution is 9.10. The van der Waals surface area contributed by atoms with Gasteiger partial charge < -0.3 is 5.32 Å². The first-order valence-electron chi connectivity index (χ1n) is 4.84. The van der Waals surface area contributed by atoms with Gasteiger partial charge in [0.15, 0.2) is 0 Å². The summed E-state index contributed by atoms with van der Waals surface area (Å²) in [5.74, 6) is 0.346. The number of nitrogens with one attached hydrogen (secondary N) is 1. The predicted molar refractivity (Wildman–Crippen MR) is 65.7 cm³/mol. The number of hydrogen-bond donors (Lipinski definition) is 1. The molecule has 1 N–H and O–H groups in total. The van der Waals surface area contributed by atoms with Crippen LogP contribution >= 0.6 is 15.9 Å². The standard InChI is InChI=1S/C12H10BrFN2/c13-10-3-1-9(2-4-10)7-15-12-6-5-11(14)8-16-12/h1-6,8H,7H2,(H,15,16). The largest absolute Gasteiger partial charge is 0.366 e. The molecular weight excluding hydrogens is 271 g/mol. The minimum atomic E-state index is -0.325. The van der Waals surface area contributed by atoms with E-state index in [1.807, 2.05) is 24.3 Å². The summed E-state index contributed by atoms with van der Waals surface area (Å²) in [6.45, 7) is 0.673. The monoisotopic (exact) mass is 280 g/mol. The van der Waals surface area contributed by atoms with E-state index in [2.05, 4.69) is 26.2 Å². The summed E-state index contributed by atoms with van der Waals surface area (Å²) >= 11 is 3.38. The molecule has 0 aliphatic rings. The second-order valence-corrected chi connectivity index (χ2v) is 4.26. The van der Waals surface area contributed by atoms with Crippen molar-refractivity contribution in [1.82, 2.24) is 4.98 Å². The molecule has 2 aromatic rings. The maximum Gasteiger partial charge on any atom is 0.141 e.